The van der Waals surface area contributed by atoms with Gasteiger partial charge in [0.1, 0.15) is 6.54 Å². The average molecular weight is 412 g/mol. The van der Waals surface area contributed by atoms with Gasteiger partial charge in [0.05, 0.1) is 6.04 Å². The molecule has 3 N–H and O–H groups in total. The molecule has 1 aromatic carbocycles. The van der Waals surface area contributed by atoms with Crippen molar-refractivity contribution in [1.29, 1.82) is 0 Å². The second-order valence-electron chi connectivity index (χ2n) is 3.66. The van der Waals surface area contributed by atoms with Gasteiger partial charge in [-0.15, -0.1) is 29.9 Å². The van der Waals surface area contributed by atoms with Crippen molar-refractivity contribution in [3.63, 3.8) is 0 Å². The van der Waals surface area contributed by atoms with Crippen LogP contribution >= 0.6 is 47.2 Å². The third-order valence-electron chi connectivity index (χ3n) is 2.30. The van der Waals surface area contributed by atoms with Gasteiger partial charge in [-0.1, -0.05) is 35.2 Å². The van der Waals surface area contributed by atoms with Crippen molar-refractivity contribution in [2.45, 2.75) is 19.9 Å². The molecule has 0 aliphatic rings. The predicted molar refractivity (Wildman–Crippen MR) is 93.4 cm³/mol. The van der Waals surface area contributed by atoms with Crippen molar-refractivity contribution in [3.05, 3.63) is 33.8 Å². The molecule has 0 fully saturated rings. The van der Waals surface area contributed by atoms with Crippen molar-refractivity contribution in [2.24, 2.45) is 10.7 Å². The van der Waals surface area contributed by atoms with E-state index in [2.05, 4.69) is 22.2 Å². The molecule has 1 aromatic rings. The van der Waals surface area contributed by atoms with Crippen LogP contribution in [-0.2, 0) is 0 Å². The number of guanidine groups is 1. The van der Waals surface area contributed by atoms with Gasteiger partial charge in [0.25, 0.3) is 0 Å². The number of hydrogen-bond donors (Lipinski definition) is 2. The lowest BCUT2D eigenvalue weighted by Crippen LogP contribution is -2.34. The second-order valence-corrected chi connectivity index (χ2v) is 4.50. The third kappa shape index (κ3) is 6.37. The van der Waals surface area contributed by atoms with Crippen LogP contribution in [0, 0.1) is 11.8 Å². The summed E-state index contributed by atoms with van der Waals surface area (Å²) in [5, 5.41) is 4.26. The Morgan fingerprint density at radius 3 is 2.74 bits per heavy atom. The normalized spacial score (nSPS) is 11.9. The number of rotatable bonds is 3. The van der Waals surface area contributed by atoms with Gasteiger partial charge in [0.2, 0.25) is 0 Å². The van der Waals surface area contributed by atoms with E-state index in [9.17, 15) is 0 Å². The highest BCUT2D eigenvalue weighted by Gasteiger charge is 2.10. The molecule has 3 nitrogen and oxygen atoms in total. The van der Waals surface area contributed by atoms with E-state index < -0.39 is 0 Å². The molecule has 1 atom stereocenters. The van der Waals surface area contributed by atoms with Gasteiger partial charge in [-0.2, -0.15) is 0 Å². The molecule has 1 rings (SSSR count). The molecule has 104 valence electrons. The summed E-state index contributed by atoms with van der Waals surface area (Å²) in [6.07, 6.45) is 0. The first kappa shape index (κ1) is 18.4. The van der Waals surface area contributed by atoms with Gasteiger partial charge in [-0.25, -0.2) is 4.99 Å². The van der Waals surface area contributed by atoms with Gasteiger partial charge in [-0.3, -0.25) is 0 Å². The molecule has 0 saturated carbocycles. The van der Waals surface area contributed by atoms with Crippen molar-refractivity contribution in [2.75, 3.05) is 6.54 Å². The molecule has 0 radical (unpaired) electrons. The molecule has 6 heteroatoms. The maximum atomic E-state index is 6.11. The van der Waals surface area contributed by atoms with E-state index >= 15 is 0 Å². The molecule has 0 amide bonds. The summed E-state index contributed by atoms with van der Waals surface area (Å²) in [5.74, 6) is 5.90. The minimum Gasteiger partial charge on any atom is -0.370 e. The zero-order valence-corrected chi connectivity index (χ0v) is 14.5. The fraction of sp³-hybridized carbons (Fsp3) is 0.308. The Bertz CT molecular complexity index is 506. The Labute approximate surface area is 141 Å². The number of halogens is 3. The zero-order valence-electron chi connectivity index (χ0n) is 10.7. The summed E-state index contributed by atoms with van der Waals surface area (Å²) >= 11 is 12.0. The maximum absolute atomic E-state index is 6.11. The predicted octanol–water partition coefficient (Wildman–Crippen LogP) is 3.60. The summed E-state index contributed by atoms with van der Waals surface area (Å²) in [6, 6.07) is 5.30. The molecule has 0 aliphatic carbocycles. The van der Waals surface area contributed by atoms with Crippen LogP contribution in [0.2, 0.25) is 10.0 Å². The smallest absolute Gasteiger partial charge is 0.190 e. The van der Waals surface area contributed by atoms with Crippen LogP contribution in [0.3, 0.4) is 0 Å². The highest BCUT2D eigenvalue weighted by Crippen LogP contribution is 2.25. The molecule has 0 heterocycles. The summed E-state index contributed by atoms with van der Waals surface area (Å²) in [5.41, 5.74) is 6.65. The fourth-order valence-electron chi connectivity index (χ4n) is 1.40. The maximum Gasteiger partial charge on any atom is 0.190 e. The lowest BCUT2D eigenvalue weighted by molar-refractivity contribution is 0.710. The van der Waals surface area contributed by atoms with Gasteiger partial charge < -0.3 is 11.1 Å². The number of hydrogen-bond acceptors (Lipinski definition) is 1. The minimum absolute atomic E-state index is 0. The van der Waals surface area contributed by atoms with Crippen LogP contribution in [0.15, 0.2) is 23.2 Å². The Morgan fingerprint density at radius 1 is 1.47 bits per heavy atom. The standard InChI is InChI=1S/C13H15Cl2N3.HI/c1-3-4-7-17-13(16)18-9(2)11-6-5-10(14)8-12(11)15;/h5-6,8-9H,7H2,1-2H3,(H3,16,17,18);1H. The van der Waals surface area contributed by atoms with E-state index in [1.165, 1.54) is 0 Å². The minimum atomic E-state index is -0.0481. The molecule has 19 heavy (non-hydrogen) atoms. The topological polar surface area (TPSA) is 50.4 Å². The molecule has 0 saturated heterocycles. The van der Waals surface area contributed by atoms with E-state index in [-0.39, 0.29) is 30.0 Å². The second kappa shape index (κ2) is 9.29. The molecule has 0 bridgehead atoms. The van der Waals surface area contributed by atoms with Gasteiger partial charge in [0.15, 0.2) is 5.96 Å². The van der Waals surface area contributed by atoms with E-state index in [0.717, 1.165) is 5.56 Å². The molecular formula is C13H16Cl2IN3. The van der Waals surface area contributed by atoms with Crippen molar-refractivity contribution >= 4 is 53.1 Å². The number of benzene rings is 1. The Balaban J connectivity index is 0.00000324. The van der Waals surface area contributed by atoms with Crippen LogP contribution < -0.4 is 11.1 Å². The Kier molecular flexibility index (Phi) is 8.98. The first-order chi connectivity index (χ1) is 8.54. The quantitative estimate of drug-likeness (QED) is 0.345. The zero-order chi connectivity index (χ0) is 13.5. The van der Waals surface area contributed by atoms with Gasteiger partial charge in [-0.05, 0) is 31.5 Å². The van der Waals surface area contributed by atoms with E-state index in [4.69, 9.17) is 28.9 Å². The number of nitrogens with one attached hydrogen (secondary N) is 1. The molecule has 1 unspecified atom stereocenters. The Hall–Kier alpha value is -0.640. The largest absolute Gasteiger partial charge is 0.370 e. The summed E-state index contributed by atoms with van der Waals surface area (Å²) in [7, 11) is 0. The van der Waals surface area contributed by atoms with Gasteiger partial charge in [0, 0.05) is 10.0 Å². The van der Waals surface area contributed by atoms with Crippen LogP contribution in [-0.4, -0.2) is 12.5 Å². The highest BCUT2D eigenvalue weighted by atomic mass is 127. The first-order valence-corrected chi connectivity index (χ1v) is 6.21. The SMILES string of the molecule is CC#CCN=C(N)NC(C)c1ccc(Cl)cc1Cl.I. The number of nitrogens with zero attached hydrogens (tertiary/aromatic N) is 1. The number of nitrogens with two attached hydrogens (primary N) is 1. The van der Waals surface area contributed by atoms with Crippen LogP contribution in [0.4, 0.5) is 0 Å². The highest BCUT2D eigenvalue weighted by molar-refractivity contribution is 14.0. The van der Waals surface area contributed by atoms with Crippen molar-refractivity contribution < 1.29 is 0 Å². The molecule has 0 aromatic heterocycles. The lowest BCUT2D eigenvalue weighted by atomic mass is 10.1. The molecular weight excluding hydrogens is 396 g/mol. The first-order valence-electron chi connectivity index (χ1n) is 5.45. The van der Waals surface area contributed by atoms with E-state index in [1.54, 1.807) is 19.1 Å². The van der Waals surface area contributed by atoms with Crippen LogP contribution in [0.25, 0.3) is 0 Å². The monoisotopic (exact) mass is 411 g/mol. The summed E-state index contributed by atoms with van der Waals surface area (Å²) in [4.78, 5) is 4.07. The molecule has 0 spiro atoms. The van der Waals surface area contributed by atoms with E-state index in [0.29, 0.717) is 22.5 Å². The van der Waals surface area contributed by atoms with E-state index in [1.807, 2.05) is 13.0 Å². The Morgan fingerprint density at radius 2 is 2.16 bits per heavy atom. The number of aliphatic imine (C=N–C) groups is 1. The third-order valence-corrected chi connectivity index (χ3v) is 2.86. The van der Waals surface area contributed by atoms with Crippen LogP contribution in [0.1, 0.15) is 25.5 Å². The van der Waals surface area contributed by atoms with Crippen molar-refractivity contribution in [1.82, 2.24) is 5.32 Å². The van der Waals surface area contributed by atoms with Crippen LogP contribution in [0.5, 0.6) is 0 Å². The fourth-order valence-corrected chi connectivity index (χ4v) is 1.97. The van der Waals surface area contributed by atoms with Gasteiger partial charge >= 0.3 is 0 Å². The lowest BCUT2D eigenvalue weighted by Gasteiger charge is -2.16. The summed E-state index contributed by atoms with van der Waals surface area (Å²) in [6.45, 7) is 4.09. The average Bonchev–Trinajstić information content (AvgIpc) is 2.28. The molecule has 0 aliphatic heterocycles. The summed E-state index contributed by atoms with van der Waals surface area (Å²) < 4.78 is 0. The van der Waals surface area contributed by atoms with Crippen molar-refractivity contribution in [3.8, 4) is 11.8 Å².